The van der Waals surface area contributed by atoms with E-state index >= 15 is 0 Å². The maximum Gasteiger partial charge on any atom is 0.219 e. The topological polar surface area (TPSA) is 47.6 Å². The number of nitrogens with zero attached hydrogens (tertiary/aromatic N) is 2. The molecule has 0 bridgehead atoms. The molecule has 1 heterocycles. The third-order valence-corrected chi connectivity index (χ3v) is 5.93. The number of hydrogen-bond acceptors (Lipinski definition) is 4. The molecule has 1 fully saturated rings. The number of amides is 1. The zero-order valence-electron chi connectivity index (χ0n) is 18.2. The van der Waals surface area contributed by atoms with Gasteiger partial charge in [0.05, 0.1) is 11.4 Å². The van der Waals surface area contributed by atoms with E-state index in [1.807, 2.05) is 11.9 Å². The van der Waals surface area contributed by atoms with Crippen molar-refractivity contribution in [3.63, 3.8) is 0 Å². The highest BCUT2D eigenvalue weighted by molar-refractivity contribution is 6.00. The summed E-state index contributed by atoms with van der Waals surface area (Å²) >= 11 is 0. The SMILES string of the molecule is CNc1ccc(-c2cc(N[C@H]3CCN(C(C)=O)C3)cc3ccccc23)cc1N(C)C. The van der Waals surface area contributed by atoms with E-state index in [-0.39, 0.29) is 11.9 Å². The van der Waals surface area contributed by atoms with Crippen LogP contribution < -0.4 is 15.5 Å². The first-order valence-corrected chi connectivity index (χ1v) is 10.5. The lowest BCUT2D eigenvalue weighted by Crippen LogP contribution is -2.29. The van der Waals surface area contributed by atoms with Crippen LogP contribution in [0.2, 0.25) is 0 Å². The molecule has 1 amide bonds. The largest absolute Gasteiger partial charge is 0.386 e. The van der Waals surface area contributed by atoms with Gasteiger partial charge in [0.25, 0.3) is 0 Å². The van der Waals surface area contributed by atoms with Gasteiger partial charge in [0, 0.05) is 52.9 Å². The standard InChI is InChI=1S/C25H30N4O/c1-17(30)29-12-11-20(16-29)27-21-13-18-7-5-6-8-22(18)23(15-21)19-9-10-24(26-2)25(14-19)28(3)4/h5-10,13-15,20,26-27H,11-12,16H2,1-4H3/t20-/m0/s1. The van der Waals surface area contributed by atoms with E-state index in [1.54, 1.807) is 6.92 Å². The van der Waals surface area contributed by atoms with Crippen molar-refractivity contribution in [3.8, 4) is 11.1 Å². The highest BCUT2D eigenvalue weighted by Gasteiger charge is 2.24. The van der Waals surface area contributed by atoms with Crippen LogP contribution in [0.25, 0.3) is 21.9 Å². The fourth-order valence-electron chi connectivity index (χ4n) is 4.31. The van der Waals surface area contributed by atoms with Crippen LogP contribution in [-0.4, -0.2) is 51.1 Å². The molecule has 4 rings (SSSR count). The molecule has 0 radical (unpaired) electrons. The third kappa shape index (κ3) is 3.92. The molecule has 30 heavy (non-hydrogen) atoms. The predicted molar refractivity (Wildman–Crippen MR) is 128 cm³/mol. The van der Waals surface area contributed by atoms with Crippen LogP contribution in [-0.2, 0) is 4.79 Å². The van der Waals surface area contributed by atoms with Crippen molar-refractivity contribution in [3.05, 3.63) is 54.6 Å². The van der Waals surface area contributed by atoms with Crippen LogP contribution in [0.1, 0.15) is 13.3 Å². The van der Waals surface area contributed by atoms with Gasteiger partial charge in [-0.15, -0.1) is 0 Å². The van der Waals surface area contributed by atoms with Crippen molar-refractivity contribution >= 4 is 33.7 Å². The highest BCUT2D eigenvalue weighted by atomic mass is 16.2. The van der Waals surface area contributed by atoms with Gasteiger partial charge >= 0.3 is 0 Å². The van der Waals surface area contributed by atoms with Crippen LogP contribution in [0, 0.1) is 0 Å². The Balaban J connectivity index is 1.75. The van der Waals surface area contributed by atoms with Gasteiger partial charge in [-0.05, 0) is 52.6 Å². The zero-order chi connectivity index (χ0) is 21.3. The lowest BCUT2D eigenvalue weighted by molar-refractivity contribution is -0.127. The lowest BCUT2D eigenvalue weighted by atomic mass is 9.96. The Morgan fingerprint density at radius 1 is 1.10 bits per heavy atom. The lowest BCUT2D eigenvalue weighted by Gasteiger charge is -2.20. The summed E-state index contributed by atoms with van der Waals surface area (Å²) in [5, 5.41) is 9.40. The minimum atomic E-state index is 0.152. The van der Waals surface area contributed by atoms with Gasteiger partial charge in [0.1, 0.15) is 0 Å². The molecule has 0 aromatic heterocycles. The summed E-state index contributed by atoms with van der Waals surface area (Å²) in [4.78, 5) is 15.7. The number of benzene rings is 3. The second-order valence-electron chi connectivity index (χ2n) is 8.22. The van der Waals surface area contributed by atoms with Crippen LogP contribution in [0.3, 0.4) is 0 Å². The van der Waals surface area contributed by atoms with E-state index in [0.29, 0.717) is 0 Å². The Morgan fingerprint density at radius 2 is 1.90 bits per heavy atom. The Bertz CT molecular complexity index is 1080. The summed E-state index contributed by atoms with van der Waals surface area (Å²) < 4.78 is 0. The van der Waals surface area contributed by atoms with Crippen molar-refractivity contribution in [1.29, 1.82) is 0 Å². The average Bonchev–Trinajstić information content (AvgIpc) is 3.21. The third-order valence-electron chi connectivity index (χ3n) is 5.93. The summed E-state index contributed by atoms with van der Waals surface area (Å²) in [5.41, 5.74) is 5.77. The first-order valence-electron chi connectivity index (χ1n) is 10.5. The van der Waals surface area contributed by atoms with Crippen LogP contribution in [0.15, 0.2) is 54.6 Å². The maximum absolute atomic E-state index is 11.7. The molecule has 0 spiro atoms. The number of carbonyl (C=O) groups is 1. The van der Waals surface area contributed by atoms with Crippen LogP contribution in [0.5, 0.6) is 0 Å². The predicted octanol–water partition coefficient (Wildman–Crippen LogP) is 4.65. The van der Waals surface area contributed by atoms with Crippen LogP contribution in [0.4, 0.5) is 17.1 Å². The normalized spacial score (nSPS) is 16.0. The second kappa shape index (κ2) is 8.27. The molecule has 1 atom stereocenters. The van der Waals surface area contributed by atoms with Gasteiger partial charge in [-0.25, -0.2) is 0 Å². The van der Waals surface area contributed by atoms with Crippen molar-refractivity contribution in [1.82, 2.24) is 4.90 Å². The summed E-state index contributed by atoms with van der Waals surface area (Å²) in [6.45, 7) is 3.23. The average molecular weight is 403 g/mol. The molecule has 0 saturated carbocycles. The van der Waals surface area contributed by atoms with E-state index < -0.39 is 0 Å². The number of fused-ring (bicyclic) bond motifs is 1. The molecule has 3 aromatic rings. The Labute approximate surface area is 178 Å². The molecule has 156 valence electrons. The van der Waals surface area contributed by atoms with Gasteiger partial charge in [-0.3, -0.25) is 4.79 Å². The molecule has 0 unspecified atom stereocenters. The Hall–Kier alpha value is -3.21. The maximum atomic E-state index is 11.7. The molecule has 1 saturated heterocycles. The number of hydrogen-bond donors (Lipinski definition) is 2. The van der Waals surface area contributed by atoms with Gasteiger partial charge in [-0.1, -0.05) is 30.3 Å². The molecule has 1 aliphatic heterocycles. The number of rotatable bonds is 5. The zero-order valence-corrected chi connectivity index (χ0v) is 18.2. The minimum absolute atomic E-state index is 0.152. The summed E-state index contributed by atoms with van der Waals surface area (Å²) in [6.07, 6.45) is 0.976. The monoisotopic (exact) mass is 402 g/mol. The van der Waals surface area contributed by atoms with Crippen LogP contribution >= 0.6 is 0 Å². The van der Waals surface area contributed by atoms with E-state index in [4.69, 9.17) is 0 Å². The number of carbonyl (C=O) groups excluding carboxylic acids is 1. The van der Waals surface area contributed by atoms with E-state index in [9.17, 15) is 4.79 Å². The second-order valence-corrected chi connectivity index (χ2v) is 8.22. The van der Waals surface area contributed by atoms with Crippen molar-refractivity contribution in [2.75, 3.05) is 49.8 Å². The van der Waals surface area contributed by atoms with E-state index in [2.05, 4.69) is 84.2 Å². The number of nitrogens with one attached hydrogen (secondary N) is 2. The van der Waals surface area contributed by atoms with Gasteiger partial charge < -0.3 is 20.4 Å². The molecular weight excluding hydrogens is 372 g/mol. The van der Waals surface area contributed by atoms with Gasteiger partial charge in [0.15, 0.2) is 0 Å². The minimum Gasteiger partial charge on any atom is -0.386 e. The molecule has 1 aliphatic rings. The molecular formula is C25H30N4O. The first-order chi connectivity index (χ1) is 14.5. The van der Waals surface area contributed by atoms with E-state index in [1.165, 1.54) is 21.9 Å². The highest BCUT2D eigenvalue weighted by Crippen LogP contribution is 2.36. The molecule has 2 N–H and O–H groups in total. The Kier molecular flexibility index (Phi) is 5.53. The molecule has 0 aliphatic carbocycles. The van der Waals surface area contributed by atoms with Gasteiger partial charge in [-0.2, -0.15) is 0 Å². The molecule has 5 heteroatoms. The summed E-state index contributed by atoms with van der Waals surface area (Å²) in [6, 6.07) is 19.8. The van der Waals surface area contributed by atoms with Gasteiger partial charge in [0.2, 0.25) is 5.91 Å². The van der Waals surface area contributed by atoms with E-state index in [0.717, 1.165) is 36.6 Å². The fourth-order valence-corrected chi connectivity index (χ4v) is 4.31. The molecule has 3 aromatic carbocycles. The van der Waals surface area contributed by atoms with Crippen molar-refractivity contribution in [2.45, 2.75) is 19.4 Å². The smallest absolute Gasteiger partial charge is 0.219 e. The quantitative estimate of drug-likeness (QED) is 0.652. The summed E-state index contributed by atoms with van der Waals surface area (Å²) in [7, 11) is 6.09. The Morgan fingerprint density at radius 3 is 2.60 bits per heavy atom. The first kappa shape index (κ1) is 20.1. The van der Waals surface area contributed by atoms with Crippen molar-refractivity contribution < 1.29 is 4.79 Å². The number of anilines is 3. The summed E-state index contributed by atoms with van der Waals surface area (Å²) in [5.74, 6) is 0.152. The number of likely N-dealkylation sites (tertiary alicyclic amines) is 1. The molecule has 5 nitrogen and oxygen atoms in total. The fraction of sp³-hybridized carbons (Fsp3) is 0.320. The van der Waals surface area contributed by atoms with Crippen molar-refractivity contribution in [2.24, 2.45) is 0 Å².